The van der Waals surface area contributed by atoms with Crippen molar-refractivity contribution in [2.75, 3.05) is 5.01 Å². The van der Waals surface area contributed by atoms with Gasteiger partial charge < -0.3 is 5.11 Å². The maximum absolute atomic E-state index is 11.7. The van der Waals surface area contributed by atoms with E-state index in [1.807, 2.05) is 6.92 Å². The van der Waals surface area contributed by atoms with E-state index in [4.69, 9.17) is 5.84 Å². The highest BCUT2D eigenvalue weighted by Crippen LogP contribution is 2.29. The van der Waals surface area contributed by atoms with Gasteiger partial charge in [-0.25, -0.2) is 5.84 Å². The summed E-state index contributed by atoms with van der Waals surface area (Å²) in [4.78, 5) is 23.1. The van der Waals surface area contributed by atoms with E-state index in [0.29, 0.717) is 17.7 Å². The molecule has 0 fully saturated rings. The van der Waals surface area contributed by atoms with Gasteiger partial charge in [-0.2, -0.15) is 0 Å². The maximum Gasteiger partial charge on any atom is 0.203 e. The molecule has 0 unspecified atom stereocenters. The molecular formula is C14H14N2O3. The van der Waals surface area contributed by atoms with Crippen LogP contribution in [0.15, 0.2) is 42.1 Å². The van der Waals surface area contributed by atoms with Crippen molar-refractivity contribution in [1.82, 2.24) is 0 Å². The highest BCUT2D eigenvalue weighted by Gasteiger charge is 2.21. The first kappa shape index (κ1) is 13.0. The summed E-state index contributed by atoms with van der Waals surface area (Å²) in [6.45, 7) is 1.87. The summed E-state index contributed by atoms with van der Waals surface area (Å²) in [6, 6.07) is 4.88. The lowest BCUT2D eigenvalue weighted by Gasteiger charge is -2.24. The van der Waals surface area contributed by atoms with Gasteiger partial charge in [0.05, 0.1) is 5.69 Å². The minimum absolute atomic E-state index is 0.0906. The average Bonchev–Trinajstić information content (AvgIpc) is 2.40. The van der Waals surface area contributed by atoms with Crippen molar-refractivity contribution in [3.05, 3.63) is 47.7 Å². The molecule has 0 amide bonds. The van der Waals surface area contributed by atoms with Crippen LogP contribution < -0.4 is 10.9 Å². The van der Waals surface area contributed by atoms with Crippen LogP contribution >= 0.6 is 0 Å². The molecule has 0 saturated carbocycles. The molecule has 0 bridgehead atoms. The Balaban J connectivity index is 2.45. The summed E-state index contributed by atoms with van der Waals surface area (Å²) < 4.78 is 0. The first-order valence-electron chi connectivity index (χ1n) is 5.88. The largest absolute Gasteiger partial charge is 0.508 e. The molecule has 1 aromatic carbocycles. The number of anilines is 1. The summed E-state index contributed by atoms with van der Waals surface area (Å²) in [7, 11) is 0. The first-order valence-corrected chi connectivity index (χ1v) is 5.88. The Kier molecular flexibility index (Phi) is 3.48. The van der Waals surface area contributed by atoms with Gasteiger partial charge in [0.1, 0.15) is 11.4 Å². The summed E-state index contributed by atoms with van der Waals surface area (Å²) in [5.41, 5.74) is 1.22. The number of hydrazine groups is 1. The van der Waals surface area contributed by atoms with Crippen LogP contribution in [0.3, 0.4) is 0 Å². The molecule has 0 heterocycles. The van der Waals surface area contributed by atoms with E-state index in [1.165, 1.54) is 18.2 Å². The van der Waals surface area contributed by atoms with E-state index < -0.39 is 0 Å². The van der Waals surface area contributed by atoms with Crippen molar-refractivity contribution in [3.8, 4) is 5.75 Å². The molecule has 0 aromatic heterocycles. The maximum atomic E-state index is 11.7. The normalized spacial score (nSPS) is 14.5. The molecule has 98 valence electrons. The molecule has 0 atom stereocenters. The number of aromatic hydroxyl groups is 1. The van der Waals surface area contributed by atoms with E-state index in [1.54, 1.807) is 18.2 Å². The van der Waals surface area contributed by atoms with Gasteiger partial charge in [0.25, 0.3) is 0 Å². The fourth-order valence-electron chi connectivity index (χ4n) is 1.97. The monoisotopic (exact) mass is 258 g/mol. The van der Waals surface area contributed by atoms with E-state index >= 15 is 0 Å². The van der Waals surface area contributed by atoms with Crippen LogP contribution in [-0.2, 0) is 16.0 Å². The average molecular weight is 258 g/mol. The molecule has 0 spiro atoms. The van der Waals surface area contributed by atoms with Crippen LogP contribution in [0.4, 0.5) is 5.69 Å². The van der Waals surface area contributed by atoms with Crippen LogP contribution in [0.2, 0.25) is 0 Å². The van der Waals surface area contributed by atoms with Crippen LogP contribution in [0.5, 0.6) is 5.75 Å². The van der Waals surface area contributed by atoms with E-state index in [2.05, 4.69) is 0 Å². The van der Waals surface area contributed by atoms with Gasteiger partial charge in [-0.3, -0.25) is 14.6 Å². The summed E-state index contributed by atoms with van der Waals surface area (Å²) >= 11 is 0. The topological polar surface area (TPSA) is 83.6 Å². The Morgan fingerprint density at radius 3 is 2.68 bits per heavy atom. The number of allylic oxidation sites excluding steroid dienone is 3. The predicted octanol–water partition coefficient (Wildman–Crippen LogP) is 1.23. The molecule has 0 aliphatic heterocycles. The summed E-state index contributed by atoms with van der Waals surface area (Å²) in [5, 5.41) is 10.9. The van der Waals surface area contributed by atoms with Gasteiger partial charge in [0, 0.05) is 11.6 Å². The molecule has 5 nitrogen and oxygen atoms in total. The Hall–Kier alpha value is -2.40. The first-order chi connectivity index (χ1) is 9.04. The Labute approximate surface area is 110 Å². The van der Waals surface area contributed by atoms with Crippen molar-refractivity contribution >= 4 is 17.3 Å². The molecule has 0 saturated heterocycles. The Morgan fingerprint density at radius 1 is 1.26 bits per heavy atom. The summed E-state index contributed by atoms with van der Waals surface area (Å²) in [6.07, 6.45) is 4.13. The smallest absolute Gasteiger partial charge is 0.203 e. The lowest BCUT2D eigenvalue weighted by Crippen LogP contribution is -2.35. The molecule has 0 radical (unpaired) electrons. The third-order valence-electron chi connectivity index (χ3n) is 2.93. The van der Waals surface area contributed by atoms with Crippen molar-refractivity contribution < 1.29 is 14.7 Å². The molecular weight excluding hydrogens is 244 g/mol. The number of carbonyl (C=O) groups excluding carboxylic acids is 2. The molecule has 1 aliphatic carbocycles. The zero-order chi connectivity index (χ0) is 14.0. The highest BCUT2D eigenvalue weighted by atomic mass is 16.3. The fourth-order valence-corrected chi connectivity index (χ4v) is 1.97. The molecule has 3 N–H and O–H groups in total. The van der Waals surface area contributed by atoms with Gasteiger partial charge in [-0.1, -0.05) is 13.0 Å². The van der Waals surface area contributed by atoms with Crippen LogP contribution in [0.25, 0.3) is 0 Å². The highest BCUT2D eigenvalue weighted by molar-refractivity contribution is 6.18. The number of ketones is 2. The number of carbonyl (C=O) groups is 2. The second-order valence-corrected chi connectivity index (χ2v) is 4.13. The summed E-state index contributed by atoms with van der Waals surface area (Å²) in [5.74, 6) is 5.40. The van der Waals surface area contributed by atoms with E-state index in [0.717, 1.165) is 5.01 Å². The van der Waals surface area contributed by atoms with Crippen molar-refractivity contribution in [1.29, 1.82) is 0 Å². The standard InChI is InChI=1S/C14H14N2O3/c1-2-10-11(4-3-5-13(10)18)16(15)12-8-9(17)6-7-14(12)19/h3-8,18H,2,15H2,1H3. The van der Waals surface area contributed by atoms with Crippen molar-refractivity contribution in [2.45, 2.75) is 13.3 Å². The molecule has 19 heavy (non-hydrogen) atoms. The Morgan fingerprint density at radius 2 is 2.00 bits per heavy atom. The third kappa shape index (κ3) is 2.41. The predicted molar refractivity (Wildman–Crippen MR) is 71.4 cm³/mol. The van der Waals surface area contributed by atoms with Gasteiger partial charge in [-0.05, 0) is 30.7 Å². The lowest BCUT2D eigenvalue weighted by molar-refractivity contribution is -0.114. The second-order valence-electron chi connectivity index (χ2n) is 4.13. The number of hydrogen-bond acceptors (Lipinski definition) is 5. The quantitative estimate of drug-likeness (QED) is 0.484. The van der Waals surface area contributed by atoms with E-state index in [-0.39, 0.29) is 23.0 Å². The number of nitrogens with two attached hydrogens (primary N) is 1. The fraction of sp³-hybridized carbons (Fsp3) is 0.143. The van der Waals surface area contributed by atoms with Gasteiger partial charge in [0.2, 0.25) is 5.78 Å². The number of benzene rings is 1. The zero-order valence-electron chi connectivity index (χ0n) is 10.5. The molecule has 2 rings (SSSR count). The van der Waals surface area contributed by atoms with E-state index in [9.17, 15) is 14.7 Å². The number of rotatable bonds is 3. The molecule has 1 aliphatic rings. The minimum Gasteiger partial charge on any atom is -0.508 e. The number of hydrogen-bond donors (Lipinski definition) is 2. The Bertz CT molecular complexity index is 603. The SMILES string of the molecule is CCc1c(O)cccc1N(N)C1=CC(=O)C=CC1=O. The number of phenolic OH excluding ortho intramolecular Hbond substituents is 1. The van der Waals surface area contributed by atoms with Crippen LogP contribution in [0, 0.1) is 0 Å². The second kappa shape index (κ2) is 5.07. The number of phenols is 1. The van der Waals surface area contributed by atoms with Gasteiger partial charge in [0.15, 0.2) is 5.78 Å². The van der Waals surface area contributed by atoms with Crippen LogP contribution in [-0.4, -0.2) is 16.7 Å². The zero-order valence-corrected chi connectivity index (χ0v) is 10.5. The molecule has 1 aromatic rings. The minimum atomic E-state index is -0.340. The van der Waals surface area contributed by atoms with Crippen LogP contribution in [0.1, 0.15) is 12.5 Å². The lowest BCUT2D eigenvalue weighted by atomic mass is 10.1. The van der Waals surface area contributed by atoms with Gasteiger partial charge in [-0.15, -0.1) is 0 Å². The van der Waals surface area contributed by atoms with Gasteiger partial charge >= 0.3 is 0 Å². The third-order valence-corrected chi connectivity index (χ3v) is 2.93. The van der Waals surface area contributed by atoms with Crippen molar-refractivity contribution in [3.63, 3.8) is 0 Å². The number of nitrogens with zero attached hydrogens (tertiary/aromatic N) is 1. The van der Waals surface area contributed by atoms with Crippen molar-refractivity contribution in [2.24, 2.45) is 5.84 Å². The molecule has 5 heteroatoms.